The lowest BCUT2D eigenvalue weighted by atomic mass is 10.1. The molecule has 1 aliphatic rings. The minimum atomic E-state index is 0. The van der Waals surface area contributed by atoms with Crippen molar-refractivity contribution in [2.24, 2.45) is 16.8 Å². The summed E-state index contributed by atoms with van der Waals surface area (Å²) in [6.45, 7) is 13.8. The van der Waals surface area contributed by atoms with E-state index in [1.165, 1.54) is 5.75 Å². The molecule has 1 heterocycles. The van der Waals surface area contributed by atoms with Crippen molar-refractivity contribution in [1.29, 1.82) is 0 Å². The molecule has 0 aromatic carbocycles. The van der Waals surface area contributed by atoms with E-state index in [0.717, 1.165) is 51.1 Å². The fourth-order valence-electron chi connectivity index (χ4n) is 2.30. The van der Waals surface area contributed by atoms with Crippen molar-refractivity contribution in [3.05, 3.63) is 0 Å². The van der Waals surface area contributed by atoms with Gasteiger partial charge in [-0.2, -0.15) is 11.8 Å². The molecule has 0 saturated carbocycles. The van der Waals surface area contributed by atoms with E-state index >= 15 is 0 Å². The zero-order valence-corrected chi connectivity index (χ0v) is 17.9. The molecule has 1 fully saturated rings. The van der Waals surface area contributed by atoms with Gasteiger partial charge in [0.25, 0.3) is 0 Å². The molecule has 0 aromatic heterocycles. The third-order valence-electron chi connectivity index (χ3n) is 3.55. The first kappa shape index (κ1) is 22.3. The van der Waals surface area contributed by atoms with E-state index in [2.05, 4.69) is 54.7 Å². The summed E-state index contributed by atoms with van der Waals surface area (Å²) in [6, 6.07) is 0. The summed E-state index contributed by atoms with van der Waals surface area (Å²) >= 11 is 2.10. The van der Waals surface area contributed by atoms with Gasteiger partial charge in [-0.25, -0.2) is 0 Å². The van der Waals surface area contributed by atoms with Crippen LogP contribution in [0.2, 0.25) is 0 Å². The third kappa shape index (κ3) is 8.82. The molecule has 1 N–H and O–H groups in total. The Morgan fingerprint density at radius 3 is 2.68 bits per heavy atom. The van der Waals surface area contributed by atoms with Gasteiger partial charge in [-0.15, -0.1) is 24.0 Å². The van der Waals surface area contributed by atoms with Crippen LogP contribution in [-0.4, -0.2) is 61.8 Å². The molecule has 0 aromatic rings. The zero-order chi connectivity index (χ0) is 15.7. The lowest BCUT2D eigenvalue weighted by molar-refractivity contribution is 0.108. The lowest BCUT2D eigenvalue weighted by Crippen LogP contribution is -2.49. The first-order chi connectivity index (χ1) is 10.0. The van der Waals surface area contributed by atoms with Gasteiger partial charge in [-0.05, 0) is 18.3 Å². The van der Waals surface area contributed by atoms with Crippen molar-refractivity contribution in [2.75, 3.05) is 45.6 Å². The van der Waals surface area contributed by atoms with Gasteiger partial charge in [0, 0.05) is 50.9 Å². The molecule has 1 rings (SSSR count). The van der Waals surface area contributed by atoms with Gasteiger partial charge in [0.1, 0.15) is 0 Å². The molecule has 1 aliphatic heterocycles. The maximum absolute atomic E-state index is 5.61. The van der Waals surface area contributed by atoms with E-state index in [1.54, 1.807) is 0 Å². The predicted molar refractivity (Wildman–Crippen MR) is 110 cm³/mol. The van der Waals surface area contributed by atoms with Crippen LogP contribution in [0.1, 0.15) is 34.1 Å². The van der Waals surface area contributed by atoms with Crippen LogP contribution in [0, 0.1) is 11.8 Å². The minimum Gasteiger partial charge on any atom is -0.381 e. The summed E-state index contributed by atoms with van der Waals surface area (Å²) in [5.41, 5.74) is 0. The Labute approximate surface area is 158 Å². The highest BCUT2D eigenvalue weighted by Crippen LogP contribution is 2.24. The smallest absolute Gasteiger partial charge is 0.193 e. The number of nitrogens with one attached hydrogen (secondary N) is 1. The Hall–Kier alpha value is 0.310. The SMILES string of the molecule is CN=C(NCCCOCC(C)C)N1CCSC(C(C)C)C1.I. The Morgan fingerprint density at radius 2 is 2.09 bits per heavy atom. The molecule has 132 valence electrons. The van der Waals surface area contributed by atoms with Crippen molar-refractivity contribution in [2.45, 2.75) is 39.4 Å². The summed E-state index contributed by atoms with van der Waals surface area (Å²) in [5, 5.41) is 4.19. The number of thioether (sulfide) groups is 1. The van der Waals surface area contributed by atoms with Crippen LogP contribution < -0.4 is 5.32 Å². The Kier molecular flexibility index (Phi) is 12.9. The average molecular weight is 443 g/mol. The number of aliphatic imine (C=N–C) groups is 1. The molecular weight excluding hydrogens is 409 g/mol. The molecule has 1 atom stereocenters. The molecular formula is C16H34IN3OS. The number of rotatable bonds is 7. The van der Waals surface area contributed by atoms with Gasteiger partial charge in [0.2, 0.25) is 0 Å². The molecule has 1 unspecified atom stereocenters. The van der Waals surface area contributed by atoms with Crippen molar-refractivity contribution in [1.82, 2.24) is 10.2 Å². The van der Waals surface area contributed by atoms with Crippen LogP contribution in [0.25, 0.3) is 0 Å². The summed E-state index contributed by atoms with van der Waals surface area (Å²) in [7, 11) is 1.88. The van der Waals surface area contributed by atoms with Crippen LogP contribution >= 0.6 is 35.7 Å². The molecule has 0 spiro atoms. The fourth-order valence-corrected chi connectivity index (χ4v) is 3.60. The summed E-state index contributed by atoms with van der Waals surface area (Å²) < 4.78 is 5.61. The molecule has 4 nitrogen and oxygen atoms in total. The summed E-state index contributed by atoms with van der Waals surface area (Å²) in [5.74, 6) is 3.58. The van der Waals surface area contributed by atoms with E-state index < -0.39 is 0 Å². The van der Waals surface area contributed by atoms with Crippen molar-refractivity contribution in [3.8, 4) is 0 Å². The minimum absolute atomic E-state index is 0. The van der Waals surface area contributed by atoms with Crippen LogP contribution in [0.4, 0.5) is 0 Å². The van der Waals surface area contributed by atoms with Crippen molar-refractivity contribution in [3.63, 3.8) is 0 Å². The predicted octanol–water partition coefficient (Wildman–Crippen LogP) is 3.32. The van der Waals surface area contributed by atoms with Crippen LogP contribution in [0.5, 0.6) is 0 Å². The second-order valence-corrected chi connectivity index (χ2v) is 7.74. The Bertz CT molecular complexity index is 314. The van der Waals surface area contributed by atoms with Crippen LogP contribution in [-0.2, 0) is 4.74 Å². The molecule has 0 bridgehead atoms. The third-order valence-corrected chi connectivity index (χ3v) is 5.09. The van der Waals surface area contributed by atoms with Gasteiger partial charge >= 0.3 is 0 Å². The van der Waals surface area contributed by atoms with Crippen molar-refractivity contribution < 1.29 is 4.74 Å². The van der Waals surface area contributed by atoms with E-state index in [0.29, 0.717) is 11.2 Å². The zero-order valence-electron chi connectivity index (χ0n) is 14.8. The van der Waals surface area contributed by atoms with Gasteiger partial charge in [-0.3, -0.25) is 4.99 Å². The normalized spacial score (nSPS) is 19.5. The highest BCUT2D eigenvalue weighted by molar-refractivity contribution is 14.0. The van der Waals surface area contributed by atoms with Crippen molar-refractivity contribution >= 4 is 41.7 Å². The van der Waals surface area contributed by atoms with E-state index in [1.807, 2.05) is 7.05 Å². The highest BCUT2D eigenvalue weighted by Gasteiger charge is 2.24. The number of guanidine groups is 1. The second kappa shape index (κ2) is 12.7. The molecule has 1 saturated heterocycles. The quantitative estimate of drug-likeness (QED) is 0.284. The van der Waals surface area contributed by atoms with E-state index in [4.69, 9.17) is 4.74 Å². The van der Waals surface area contributed by atoms with Gasteiger partial charge in [0.15, 0.2) is 5.96 Å². The Balaban J connectivity index is 0.00000441. The standard InChI is InChI=1S/C16H33N3OS.HI/c1-13(2)12-20-9-6-7-18-16(17-5)19-8-10-21-15(11-19)14(3)4;/h13-15H,6-12H2,1-5H3,(H,17,18);1H. The van der Waals surface area contributed by atoms with Crippen LogP contribution in [0.3, 0.4) is 0 Å². The first-order valence-electron chi connectivity index (χ1n) is 8.19. The van der Waals surface area contributed by atoms with Gasteiger partial charge in [0.05, 0.1) is 0 Å². The maximum Gasteiger partial charge on any atom is 0.193 e. The number of ether oxygens (including phenoxy) is 1. The average Bonchev–Trinajstić information content (AvgIpc) is 2.46. The van der Waals surface area contributed by atoms with E-state index in [9.17, 15) is 0 Å². The lowest BCUT2D eigenvalue weighted by Gasteiger charge is -2.36. The summed E-state index contributed by atoms with van der Waals surface area (Å²) in [6.07, 6.45) is 1.03. The fraction of sp³-hybridized carbons (Fsp3) is 0.938. The van der Waals surface area contributed by atoms with E-state index in [-0.39, 0.29) is 24.0 Å². The topological polar surface area (TPSA) is 36.9 Å². The first-order valence-corrected chi connectivity index (χ1v) is 9.24. The molecule has 0 amide bonds. The maximum atomic E-state index is 5.61. The van der Waals surface area contributed by atoms with Crippen LogP contribution in [0.15, 0.2) is 4.99 Å². The summed E-state index contributed by atoms with van der Waals surface area (Å²) in [4.78, 5) is 6.83. The molecule has 6 heteroatoms. The number of nitrogens with zero attached hydrogens (tertiary/aromatic N) is 2. The largest absolute Gasteiger partial charge is 0.381 e. The second-order valence-electron chi connectivity index (χ2n) is 6.40. The van der Waals surface area contributed by atoms with Gasteiger partial charge < -0.3 is 15.0 Å². The number of halogens is 1. The number of hydrogen-bond acceptors (Lipinski definition) is 3. The Morgan fingerprint density at radius 1 is 1.36 bits per heavy atom. The molecule has 0 aliphatic carbocycles. The van der Waals surface area contributed by atoms with Gasteiger partial charge in [-0.1, -0.05) is 27.7 Å². The highest BCUT2D eigenvalue weighted by atomic mass is 127. The monoisotopic (exact) mass is 443 g/mol. The number of hydrogen-bond donors (Lipinski definition) is 1. The molecule has 22 heavy (non-hydrogen) atoms. The molecule has 0 radical (unpaired) electrons.